The molecule has 27 heavy (non-hydrogen) atoms. The SMILES string of the molecule is O=C1CSC(c2ccc(C(=O)O)cc2)c2cnn(Cc3ccccc3)c2N1. The molecule has 2 aromatic carbocycles. The molecule has 0 aliphatic carbocycles. The Hall–Kier alpha value is -3.06. The highest BCUT2D eigenvalue weighted by molar-refractivity contribution is 8.00. The van der Waals surface area contributed by atoms with E-state index in [1.165, 1.54) is 11.8 Å². The molecule has 6 nitrogen and oxygen atoms in total. The maximum Gasteiger partial charge on any atom is 0.335 e. The molecule has 0 spiro atoms. The monoisotopic (exact) mass is 379 g/mol. The number of carboxylic acids is 1. The Balaban J connectivity index is 1.70. The van der Waals surface area contributed by atoms with Gasteiger partial charge in [-0.3, -0.25) is 4.79 Å². The van der Waals surface area contributed by atoms with Crippen LogP contribution in [-0.2, 0) is 11.3 Å². The second kappa shape index (κ2) is 7.28. The topological polar surface area (TPSA) is 84.2 Å². The molecular formula is C20H17N3O3S. The van der Waals surface area contributed by atoms with Crippen molar-refractivity contribution in [1.29, 1.82) is 0 Å². The first kappa shape index (κ1) is 17.4. The van der Waals surface area contributed by atoms with Gasteiger partial charge < -0.3 is 10.4 Å². The van der Waals surface area contributed by atoms with E-state index in [2.05, 4.69) is 10.4 Å². The number of hydrogen-bond donors (Lipinski definition) is 2. The Labute approximate surface area is 160 Å². The van der Waals surface area contributed by atoms with Gasteiger partial charge in [0, 0.05) is 5.56 Å². The summed E-state index contributed by atoms with van der Waals surface area (Å²) in [6.07, 6.45) is 1.78. The summed E-state index contributed by atoms with van der Waals surface area (Å²) in [5.74, 6) is -0.00378. The van der Waals surface area contributed by atoms with Crippen LogP contribution in [0.25, 0.3) is 0 Å². The zero-order valence-corrected chi connectivity index (χ0v) is 15.1. The van der Waals surface area contributed by atoms with Crippen molar-refractivity contribution in [2.75, 3.05) is 11.1 Å². The predicted molar refractivity (Wildman–Crippen MR) is 104 cm³/mol. The van der Waals surface area contributed by atoms with Crippen LogP contribution in [0.4, 0.5) is 5.82 Å². The van der Waals surface area contributed by atoms with Crippen LogP contribution in [0.5, 0.6) is 0 Å². The Morgan fingerprint density at radius 1 is 1.19 bits per heavy atom. The minimum absolute atomic E-state index is 0.0688. The standard InChI is InChI=1S/C20H17N3O3S/c24-17-12-27-18(14-6-8-15(9-7-14)20(25)26)16-10-21-23(19(16)22-17)11-13-4-2-1-3-5-13/h1-10,18H,11-12H2,(H,22,24)(H,25,26). The minimum atomic E-state index is -0.955. The first-order valence-electron chi connectivity index (χ1n) is 8.46. The molecule has 1 aliphatic rings. The molecule has 2 heterocycles. The molecule has 2 N–H and O–H groups in total. The lowest BCUT2D eigenvalue weighted by Crippen LogP contribution is -2.16. The summed E-state index contributed by atoms with van der Waals surface area (Å²) in [6.45, 7) is 0.561. The van der Waals surface area contributed by atoms with Gasteiger partial charge in [0.15, 0.2) is 0 Å². The van der Waals surface area contributed by atoms with Crippen LogP contribution in [0.1, 0.15) is 32.3 Å². The van der Waals surface area contributed by atoms with Gasteiger partial charge in [-0.25, -0.2) is 9.48 Å². The molecule has 0 saturated heterocycles. The summed E-state index contributed by atoms with van der Waals surface area (Å²) < 4.78 is 1.80. The maximum atomic E-state index is 12.2. The van der Waals surface area contributed by atoms with E-state index in [-0.39, 0.29) is 16.7 Å². The number of rotatable bonds is 4. The average molecular weight is 379 g/mol. The lowest BCUT2D eigenvalue weighted by molar-refractivity contribution is -0.113. The zero-order valence-electron chi connectivity index (χ0n) is 14.3. The number of carbonyl (C=O) groups excluding carboxylic acids is 1. The lowest BCUT2D eigenvalue weighted by Gasteiger charge is -2.14. The molecule has 1 aliphatic heterocycles. The normalized spacial score (nSPS) is 16.3. The van der Waals surface area contributed by atoms with Crippen LogP contribution in [0.2, 0.25) is 0 Å². The van der Waals surface area contributed by atoms with E-state index in [1.807, 2.05) is 30.3 Å². The summed E-state index contributed by atoms with van der Waals surface area (Å²) in [4.78, 5) is 23.3. The van der Waals surface area contributed by atoms with Gasteiger partial charge in [0.1, 0.15) is 5.82 Å². The molecule has 1 aromatic heterocycles. The van der Waals surface area contributed by atoms with Gasteiger partial charge >= 0.3 is 5.97 Å². The van der Waals surface area contributed by atoms with Crippen LogP contribution in [0, 0.1) is 0 Å². The third-order valence-electron chi connectivity index (χ3n) is 4.42. The van der Waals surface area contributed by atoms with Crippen molar-refractivity contribution >= 4 is 29.5 Å². The molecular weight excluding hydrogens is 362 g/mol. The van der Waals surface area contributed by atoms with E-state index in [1.54, 1.807) is 35.1 Å². The van der Waals surface area contributed by atoms with Crippen LogP contribution in [0.3, 0.4) is 0 Å². The third kappa shape index (κ3) is 3.59. The molecule has 3 aromatic rings. The molecule has 1 atom stereocenters. The first-order chi connectivity index (χ1) is 13.1. The number of carbonyl (C=O) groups is 2. The predicted octanol–water partition coefficient (Wildman–Crippen LogP) is 3.40. The molecule has 0 radical (unpaired) electrons. The fourth-order valence-corrected chi connectivity index (χ4v) is 4.19. The number of nitrogens with zero attached hydrogens (tertiary/aromatic N) is 2. The van der Waals surface area contributed by atoms with E-state index in [0.29, 0.717) is 18.1 Å². The number of amides is 1. The van der Waals surface area contributed by atoms with Gasteiger partial charge in [-0.05, 0) is 23.3 Å². The molecule has 7 heteroatoms. The number of carboxylic acid groups (broad SMARTS) is 1. The van der Waals surface area contributed by atoms with Gasteiger partial charge in [0.25, 0.3) is 0 Å². The van der Waals surface area contributed by atoms with E-state index < -0.39 is 5.97 Å². The number of hydrogen-bond acceptors (Lipinski definition) is 4. The van der Waals surface area contributed by atoms with Gasteiger partial charge in [-0.1, -0.05) is 42.5 Å². The van der Waals surface area contributed by atoms with E-state index in [0.717, 1.165) is 16.7 Å². The molecule has 0 bridgehead atoms. The number of anilines is 1. The van der Waals surface area contributed by atoms with Crippen LogP contribution in [-0.4, -0.2) is 32.5 Å². The minimum Gasteiger partial charge on any atom is -0.478 e. The first-order valence-corrected chi connectivity index (χ1v) is 9.51. The Morgan fingerprint density at radius 2 is 1.93 bits per heavy atom. The second-order valence-electron chi connectivity index (χ2n) is 6.26. The highest BCUT2D eigenvalue weighted by Gasteiger charge is 2.27. The number of nitrogens with one attached hydrogen (secondary N) is 1. The van der Waals surface area contributed by atoms with Crippen molar-refractivity contribution in [3.63, 3.8) is 0 Å². The van der Waals surface area contributed by atoms with E-state index in [4.69, 9.17) is 5.11 Å². The fraction of sp³-hybridized carbons (Fsp3) is 0.150. The van der Waals surface area contributed by atoms with E-state index >= 15 is 0 Å². The molecule has 0 fully saturated rings. The van der Waals surface area contributed by atoms with Crippen molar-refractivity contribution in [3.8, 4) is 0 Å². The zero-order chi connectivity index (χ0) is 18.8. The number of fused-ring (bicyclic) bond motifs is 1. The highest BCUT2D eigenvalue weighted by atomic mass is 32.2. The largest absolute Gasteiger partial charge is 0.478 e. The number of benzene rings is 2. The number of aromatic nitrogens is 2. The van der Waals surface area contributed by atoms with Crippen molar-refractivity contribution < 1.29 is 14.7 Å². The average Bonchev–Trinajstić information content (AvgIpc) is 2.96. The van der Waals surface area contributed by atoms with E-state index in [9.17, 15) is 9.59 Å². The quantitative estimate of drug-likeness (QED) is 0.726. The molecule has 1 unspecified atom stereocenters. The fourth-order valence-electron chi connectivity index (χ4n) is 3.10. The van der Waals surface area contributed by atoms with Crippen molar-refractivity contribution in [2.45, 2.75) is 11.8 Å². The van der Waals surface area contributed by atoms with Gasteiger partial charge in [-0.2, -0.15) is 5.10 Å². The van der Waals surface area contributed by atoms with Gasteiger partial charge in [0.05, 0.1) is 29.3 Å². The second-order valence-corrected chi connectivity index (χ2v) is 7.35. The summed E-state index contributed by atoms with van der Waals surface area (Å²) in [7, 11) is 0. The van der Waals surface area contributed by atoms with Crippen LogP contribution in [0.15, 0.2) is 60.8 Å². The number of thioether (sulfide) groups is 1. The lowest BCUT2D eigenvalue weighted by atomic mass is 10.0. The van der Waals surface area contributed by atoms with Gasteiger partial charge in [0.2, 0.25) is 5.91 Å². The van der Waals surface area contributed by atoms with Gasteiger partial charge in [-0.15, -0.1) is 11.8 Å². The number of aromatic carboxylic acids is 1. The van der Waals surface area contributed by atoms with Crippen LogP contribution < -0.4 is 5.32 Å². The van der Waals surface area contributed by atoms with Crippen molar-refractivity contribution in [1.82, 2.24) is 9.78 Å². The summed E-state index contributed by atoms with van der Waals surface area (Å²) in [6, 6.07) is 16.7. The highest BCUT2D eigenvalue weighted by Crippen LogP contribution is 2.41. The van der Waals surface area contributed by atoms with Crippen molar-refractivity contribution in [3.05, 3.63) is 83.0 Å². The summed E-state index contributed by atoms with van der Waals surface area (Å²) in [5.41, 5.74) is 3.20. The smallest absolute Gasteiger partial charge is 0.335 e. The van der Waals surface area contributed by atoms with Crippen LogP contribution >= 0.6 is 11.8 Å². The Bertz CT molecular complexity index is 983. The Morgan fingerprint density at radius 3 is 2.63 bits per heavy atom. The molecule has 0 saturated carbocycles. The third-order valence-corrected chi connectivity index (χ3v) is 5.71. The molecule has 4 rings (SSSR count). The summed E-state index contributed by atoms with van der Waals surface area (Å²) >= 11 is 1.51. The summed E-state index contributed by atoms with van der Waals surface area (Å²) in [5, 5.41) is 16.5. The molecule has 136 valence electrons. The van der Waals surface area contributed by atoms with Crippen molar-refractivity contribution in [2.24, 2.45) is 0 Å². The molecule has 1 amide bonds. The Kier molecular flexibility index (Phi) is 4.68. The maximum absolute atomic E-state index is 12.2.